The van der Waals surface area contributed by atoms with E-state index in [1.54, 1.807) is 11.1 Å². The third-order valence-electron chi connectivity index (χ3n) is 8.73. The van der Waals surface area contributed by atoms with Gasteiger partial charge in [0.05, 0.1) is 0 Å². The lowest BCUT2D eigenvalue weighted by molar-refractivity contribution is -0.155. The molecule has 0 saturated heterocycles. The zero-order valence-corrected chi connectivity index (χ0v) is 17.5. The summed E-state index contributed by atoms with van der Waals surface area (Å²) in [7, 11) is 0. The Morgan fingerprint density at radius 1 is 0.926 bits per heavy atom. The highest BCUT2D eigenvalue weighted by molar-refractivity contribution is 5.66. The van der Waals surface area contributed by atoms with Gasteiger partial charge in [-0.05, 0) is 68.6 Å². The number of carbonyl (C=O) groups excluding carboxylic acids is 2. The van der Waals surface area contributed by atoms with Gasteiger partial charge in [-0.2, -0.15) is 0 Å². The summed E-state index contributed by atoms with van der Waals surface area (Å²) in [5.74, 6) is 1.59. The molecule has 0 bridgehead atoms. The summed E-state index contributed by atoms with van der Waals surface area (Å²) in [5, 5.41) is 0. The summed E-state index contributed by atoms with van der Waals surface area (Å²) < 4.78 is 11.3. The molecule has 27 heavy (non-hydrogen) atoms. The van der Waals surface area contributed by atoms with Crippen molar-refractivity contribution in [3.63, 3.8) is 0 Å². The molecule has 0 N–H and O–H groups in total. The molecular weight excluding hydrogens is 340 g/mol. The van der Waals surface area contributed by atoms with Crippen LogP contribution in [0.1, 0.15) is 79.6 Å². The molecule has 0 spiro atoms. The monoisotopic (exact) mass is 374 g/mol. The van der Waals surface area contributed by atoms with Crippen LogP contribution in [-0.2, 0) is 19.1 Å². The van der Waals surface area contributed by atoms with Gasteiger partial charge in [0.1, 0.15) is 12.2 Å². The van der Waals surface area contributed by atoms with Crippen molar-refractivity contribution in [1.29, 1.82) is 0 Å². The van der Waals surface area contributed by atoms with Crippen LogP contribution in [0, 0.1) is 28.6 Å². The molecule has 0 heterocycles. The second-order valence-corrected chi connectivity index (χ2v) is 10.0. The second kappa shape index (κ2) is 6.35. The highest BCUT2D eigenvalue weighted by Crippen LogP contribution is 2.68. The Balaban J connectivity index is 1.64. The molecule has 150 valence electrons. The number of hydrogen-bond acceptors (Lipinski definition) is 4. The fraction of sp³-hybridized carbons (Fsp3) is 0.826. The first-order chi connectivity index (χ1) is 12.7. The first-order valence-corrected chi connectivity index (χ1v) is 10.7. The standard InChI is InChI=1S/C23H34O4/c1-13-19-12-16(26-14(2)24)8-10-22(19,4)18-9-11-23(5)17(21(13)18)6-7-20(23)27-15(3)25/h16-18,20-21H,6-12H2,1-5H3/t16-,17+,18+,20+,21+,22+,23-/m1/s1. The highest BCUT2D eigenvalue weighted by atomic mass is 16.5. The molecular formula is C23H34O4. The van der Waals surface area contributed by atoms with Gasteiger partial charge in [-0.3, -0.25) is 9.59 Å². The maximum Gasteiger partial charge on any atom is 0.302 e. The smallest absolute Gasteiger partial charge is 0.302 e. The minimum atomic E-state index is -0.162. The van der Waals surface area contributed by atoms with E-state index >= 15 is 0 Å². The minimum Gasteiger partial charge on any atom is -0.462 e. The Morgan fingerprint density at radius 2 is 1.63 bits per heavy atom. The maximum absolute atomic E-state index is 11.6. The summed E-state index contributed by atoms with van der Waals surface area (Å²) in [6, 6.07) is 0. The average Bonchev–Trinajstić information content (AvgIpc) is 3.01. The van der Waals surface area contributed by atoms with Gasteiger partial charge in [0.25, 0.3) is 0 Å². The molecule has 4 aliphatic rings. The number of rotatable bonds is 2. The number of ether oxygens (including phenoxy) is 2. The molecule has 7 atom stereocenters. The fourth-order valence-corrected chi connectivity index (χ4v) is 7.54. The molecule has 0 aromatic heterocycles. The molecule has 0 amide bonds. The number of fused-ring (bicyclic) bond motifs is 5. The normalized spacial score (nSPS) is 45.7. The molecule has 0 radical (unpaired) electrons. The Hall–Kier alpha value is -1.32. The van der Waals surface area contributed by atoms with Crippen LogP contribution < -0.4 is 0 Å². The predicted octanol–water partition coefficient (Wildman–Crippen LogP) is 4.81. The van der Waals surface area contributed by atoms with Crippen LogP contribution >= 0.6 is 0 Å². The second-order valence-electron chi connectivity index (χ2n) is 10.0. The third kappa shape index (κ3) is 2.77. The molecule has 4 rings (SSSR count). The van der Waals surface area contributed by atoms with Crippen molar-refractivity contribution in [2.75, 3.05) is 0 Å². The van der Waals surface area contributed by atoms with Crippen molar-refractivity contribution in [1.82, 2.24) is 0 Å². The van der Waals surface area contributed by atoms with E-state index in [4.69, 9.17) is 9.47 Å². The van der Waals surface area contributed by atoms with E-state index in [1.807, 2.05) is 0 Å². The lowest BCUT2D eigenvalue weighted by atomic mass is 9.54. The van der Waals surface area contributed by atoms with Crippen LogP contribution in [0.15, 0.2) is 11.1 Å². The number of esters is 2. The Labute approximate surface area is 163 Å². The summed E-state index contributed by atoms with van der Waals surface area (Å²) in [5.41, 5.74) is 3.48. The van der Waals surface area contributed by atoms with Crippen molar-refractivity contribution >= 4 is 11.9 Å². The van der Waals surface area contributed by atoms with Gasteiger partial charge < -0.3 is 9.47 Å². The molecule has 3 saturated carbocycles. The zero-order chi connectivity index (χ0) is 19.6. The first-order valence-electron chi connectivity index (χ1n) is 10.7. The van der Waals surface area contributed by atoms with E-state index in [1.165, 1.54) is 20.3 Å². The van der Waals surface area contributed by atoms with E-state index in [9.17, 15) is 9.59 Å². The van der Waals surface area contributed by atoms with E-state index < -0.39 is 0 Å². The molecule has 0 aliphatic heterocycles. The van der Waals surface area contributed by atoms with E-state index in [2.05, 4.69) is 20.8 Å². The lowest BCUT2D eigenvalue weighted by Crippen LogP contribution is -2.46. The molecule has 0 unspecified atom stereocenters. The summed E-state index contributed by atoms with van der Waals surface area (Å²) in [4.78, 5) is 23.1. The quantitative estimate of drug-likeness (QED) is 0.514. The molecule has 0 aromatic rings. The van der Waals surface area contributed by atoms with Gasteiger partial charge in [0, 0.05) is 25.7 Å². The van der Waals surface area contributed by atoms with Gasteiger partial charge in [-0.25, -0.2) is 0 Å². The van der Waals surface area contributed by atoms with Crippen LogP contribution in [0.5, 0.6) is 0 Å². The minimum absolute atomic E-state index is 0.0458. The van der Waals surface area contributed by atoms with Crippen molar-refractivity contribution in [2.24, 2.45) is 28.6 Å². The number of carbonyl (C=O) groups is 2. The van der Waals surface area contributed by atoms with Crippen LogP contribution in [0.4, 0.5) is 0 Å². The van der Waals surface area contributed by atoms with Crippen LogP contribution in [0.25, 0.3) is 0 Å². The Morgan fingerprint density at radius 3 is 2.30 bits per heavy atom. The average molecular weight is 375 g/mol. The third-order valence-corrected chi connectivity index (χ3v) is 8.73. The summed E-state index contributed by atoms with van der Waals surface area (Å²) >= 11 is 0. The lowest BCUT2D eigenvalue weighted by Gasteiger charge is -2.50. The maximum atomic E-state index is 11.6. The summed E-state index contributed by atoms with van der Waals surface area (Å²) in [6.07, 6.45) is 7.65. The van der Waals surface area contributed by atoms with Crippen molar-refractivity contribution in [3.8, 4) is 0 Å². The van der Waals surface area contributed by atoms with E-state index in [0.29, 0.717) is 17.8 Å². The van der Waals surface area contributed by atoms with Crippen molar-refractivity contribution in [2.45, 2.75) is 91.8 Å². The van der Waals surface area contributed by atoms with Gasteiger partial charge in [0.15, 0.2) is 0 Å². The highest BCUT2D eigenvalue weighted by Gasteiger charge is 2.62. The van der Waals surface area contributed by atoms with Crippen LogP contribution in [0.2, 0.25) is 0 Å². The zero-order valence-electron chi connectivity index (χ0n) is 17.5. The van der Waals surface area contributed by atoms with E-state index in [0.717, 1.165) is 38.5 Å². The van der Waals surface area contributed by atoms with Gasteiger partial charge in [-0.1, -0.05) is 25.0 Å². The van der Waals surface area contributed by atoms with Crippen molar-refractivity contribution < 1.29 is 19.1 Å². The van der Waals surface area contributed by atoms with Gasteiger partial charge >= 0.3 is 11.9 Å². The van der Waals surface area contributed by atoms with Crippen LogP contribution in [0.3, 0.4) is 0 Å². The Kier molecular flexibility index (Phi) is 4.47. The van der Waals surface area contributed by atoms with E-state index in [-0.39, 0.29) is 35.0 Å². The largest absolute Gasteiger partial charge is 0.462 e. The van der Waals surface area contributed by atoms with Crippen molar-refractivity contribution in [3.05, 3.63) is 11.1 Å². The first kappa shape index (κ1) is 19.0. The van der Waals surface area contributed by atoms with Gasteiger partial charge in [0.2, 0.25) is 0 Å². The number of hydrogen-bond donors (Lipinski definition) is 0. The van der Waals surface area contributed by atoms with Crippen LogP contribution in [-0.4, -0.2) is 24.1 Å². The fourth-order valence-electron chi connectivity index (χ4n) is 7.54. The molecule has 3 fully saturated rings. The molecule has 0 aromatic carbocycles. The number of allylic oxidation sites excluding steroid dienone is 1. The molecule has 4 heteroatoms. The SMILES string of the molecule is CC(=O)O[C@@H]1CC[C@]2(C)C(=C(C)[C@H]3[C@@H]4CC[C@H](OC(C)=O)[C@]4(C)CC[C@@H]32)C1. The predicted molar refractivity (Wildman–Crippen MR) is 103 cm³/mol. The van der Waals surface area contributed by atoms with Gasteiger partial charge in [-0.15, -0.1) is 0 Å². The Bertz CT molecular complexity index is 694. The summed E-state index contributed by atoms with van der Waals surface area (Å²) in [6.45, 7) is 10.2. The topological polar surface area (TPSA) is 52.6 Å². The molecule has 4 aliphatic carbocycles. The molecule has 4 nitrogen and oxygen atoms in total.